The average Bonchev–Trinajstić information content (AvgIpc) is 2.48. The second-order valence-electron chi connectivity index (χ2n) is 6.36. The van der Waals surface area contributed by atoms with Gasteiger partial charge in [0, 0.05) is 17.3 Å². The van der Waals surface area contributed by atoms with Crippen molar-refractivity contribution in [2.45, 2.75) is 26.2 Å². The van der Waals surface area contributed by atoms with Crippen LogP contribution in [0.15, 0.2) is 36.4 Å². The van der Waals surface area contributed by atoms with Gasteiger partial charge in [0.25, 0.3) is 5.91 Å². The summed E-state index contributed by atoms with van der Waals surface area (Å²) >= 11 is 6.16. The van der Waals surface area contributed by atoms with Gasteiger partial charge in [-0.15, -0.1) is 0 Å². The topological polar surface area (TPSA) is 64.3 Å². The first kappa shape index (κ1) is 17.2. The van der Waals surface area contributed by atoms with Gasteiger partial charge in [-0.05, 0) is 29.2 Å². The number of ether oxygens (including phenoxy) is 1. The van der Waals surface area contributed by atoms with Crippen LogP contribution in [0.4, 0.5) is 11.4 Å². The minimum absolute atomic E-state index is 0.0402. The van der Waals surface area contributed by atoms with Gasteiger partial charge >= 0.3 is 0 Å². The molecule has 2 rings (SSSR count). The van der Waals surface area contributed by atoms with Crippen molar-refractivity contribution in [3.8, 4) is 5.75 Å². The van der Waals surface area contributed by atoms with Gasteiger partial charge in [0.05, 0.1) is 12.1 Å². The first-order chi connectivity index (χ1) is 10.7. The van der Waals surface area contributed by atoms with Crippen LogP contribution in [0.1, 0.15) is 36.7 Å². The third-order valence-electron chi connectivity index (χ3n) is 3.55. The predicted octanol–water partition coefficient (Wildman–Crippen LogP) is 4.48. The highest BCUT2D eigenvalue weighted by Gasteiger charge is 2.16. The Morgan fingerprint density at radius 1 is 1.17 bits per heavy atom. The molecule has 2 aromatic carbocycles. The summed E-state index contributed by atoms with van der Waals surface area (Å²) in [4.78, 5) is 12.4. The molecule has 0 spiro atoms. The SMILES string of the molecule is COc1cc(N)cc(Cl)c1NC(=O)c1ccc(C(C)(C)C)cc1. The third kappa shape index (κ3) is 3.96. The van der Waals surface area contributed by atoms with Crippen molar-refractivity contribution in [3.63, 3.8) is 0 Å². The van der Waals surface area contributed by atoms with Crippen LogP contribution in [0, 0.1) is 0 Å². The Bertz CT molecular complexity index is 719. The number of nitrogens with one attached hydrogen (secondary N) is 1. The van der Waals surface area contributed by atoms with Gasteiger partial charge in [0.15, 0.2) is 0 Å². The smallest absolute Gasteiger partial charge is 0.255 e. The van der Waals surface area contributed by atoms with Crippen molar-refractivity contribution in [1.29, 1.82) is 0 Å². The first-order valence-electron chi connectivity index (χ1n) is 7.27. The van der Waals surface area contributed by atoms with Crippen LogP contribution >= 0.6 is 11.6 Å². The third-order valence-corrected chi connectivity index (χ3v) is 3.85. The summed E-state index contributed by atoms with van der Waals surface area (Å²) in [7, 11) is 1.50. The van der Waals surface area contributed by atoms with Gasteiger partial charge in [-0.1, -0.05) is 44.5 Å². The molecule has 0 aliphatic rings. The van der Waals surface area contributed by atoms with E-state index in [-0.39, 0.29) is 11.3 Å². The fourth-order valence-corrected chi connectivity index (χ4v) is 2.46. The average molecular weight is 333 g/mol. The summed E-state index contributed by atoms with van der Waals surface area (Å²) in [5.41, 5.74) is 8.36. The lowest BCUT2D eigenvalue weighted by Crippen LogP contribution is -2.15. The van der Waals surface area contributed by atoms with E-state index in [1.54, 1.807) is 24.3 Å². The fourth-order valence-electron chi connectivity index (χ4n) is 2.19. The van der Waals surface area contributed by atoms with Crippen molar-refractivity contribution in [2.24, 2.45) is 0 Å². The van der Waals surface area contributed by atoms with E-state index in [2.05, 4.69) is 26.1 Å². The molecule has 0 unspecified atom stereocenters. The molecule has 3 N–H and O–H groups in total. The molecule has 0 saturated carbocycles. The zero-order valence-corrected chi connectivity index (χ0v) is 14.5. The number of benzene rings is 2. The molecule has 5 heteroatoms. The van der Waals surface area contributed by atoms with E-state index in [0.29, 0.717) is 27.7 Å². The number of nitrogen functional groups attached to an aromatic ring is 1. The number of nitrogens with two attached hydrogens (primary N) is 1. The van der Waals surface area contributed by atoms with E-state index in [1.807, 2.05) is 12.1 Å². The van der Waals surface area contributed by atoms with Gasteiger partial charge in [-0.2, -0.15) is 0 Å². The normalized spacial score (nSPS) is 11.2. The molecule has 4 nitrogen and oxygen atoms in total. The van der Waals surface area contributed by atoms with E-state index in [4.69, 9.17) is 22.1 Å². The highest BCUT2D eigenvalue weighted by Crippen LogP contribution is 2.35. The fraction of sp³-hybridized carbons (Fsp3) is 0.278. The molecule has 1 amide bonds. The number of carbonyl (C=O) groups excluding carboxylic acids is 1. The maximum absolute atomic E-state index is 12.4. The van der Waals surface area contributed by atoms with Crippen LogP contribution in [0.5, 0.6) is 5.75 Å². The molecular formula is C18H21ClN2O2. The van der Waals surface area contributed by atoms with Gasteiger partial charge in [-0.25, -0.2) is 0 Å². The highest BCUT2D eigenvalue weighted by atomic mass is 35.5. The molecule has 0 heterocycles. The molecule has 0 saturated heterocycles. The lowest BCUT2D eigenvalue weighted by atomic mass is 9.87. The molecule has 0 bridgehead atoms. The first-order valence-corrected chi connectivity index (χ1v) is 7.65. The molecule has 0 fully saturated rings. The number of halogens is 1. The number of methoxy groups -OCH3 is 1. The summed E-state index contributed by atoms with van der Waals surface area (Å²) in [5, 5.41) is 3.11. The van der Waals surface area contributed by atoms with Gasteiger partial charge < -0.3 is 15.8 Å². The summed E-state index contributed by atoms with van der Waals surface area (Å²) in [6, 6.07) is 10.7. The van der Waals surface area contributed by atoms with Crippen LogP contribution < -0.4 is 15.8 Å². The monoisotopic (exact) mass is 332 g/mol. The lowest BCUT2D eigenvalue weighted by molar-refractivity contribution is 0.102. The van der Waals surface area contributed by atoms with Crippen LogP contribution in [0.3, 0.4) is 0 Å². The van der Waals surface area contributed by atoms with Crippen molar-refractivity contribution < 1.29 is 9.53 Å². The Hall–Kier alpha value is -2.20. The summed E-state index contributed by atoms with van der Waals surface area (Å²) < 4.78 is 5.23. The quantitative estimate of drug-likeness (QED) is 0.814. The number of carbonyl (C=O) groups is 1. The lowest BCUT2D eigenvalue weighted by Gasteiger charge is -2.19. The van der Waals surface area contributed by atoms with Crippen LogP contribution in [-0.2, 0) is 5.41 Å². The highest BCUT2D eigenvalue weighted by molar-refractivity contribution is 6.34. The standard InChI is InChI=1S/C18H21ClN2O2/c1-18(2,3)12-7-5-11(6-8-12)17(22)21-16-14(19)9-13(20)10-15(16)23-4/h5-10H,20H2,1-4H3,(H,21,22). The van der Waals surface area contributed by atoms with Gasteiger partial charge in [-0.3, -0.25) is 4.79 Å². The molecule has 0 atom stereocenters. The minimum atomic E-state index is -0.254. The summed E-state index contributed by atoms with van der Waals surface area (Å²) in [6.45, 7) is 6.38. The van der Waals surface area contributed by atoms with Crippen LogP contribution in [-0.4, -0.2) is 13.0 Å². The molecule has 0 radical (unpaired) electrons. The Morgan fingerprint density at radius 2 is 1.78 bits per heavy atom. The molecule has 2 aromatic rings. The van der Waals surface area contributed by atoms with Crippen molar-refractivity contribution >= 4 is 28.9 Å². The van der Waals surface area contributed by atoms with E-state index < -0.39 is 0 Å². The Labute approximate surface area is 141 Å². The number of amides is 1. The van der Waals surface area contributed by atoms with E-state index >= 15 is 0 Å². The number of anilines is 2. The van der Waals surface area contributed by atoms with E-state index in [9.17, 15) is 4.79 Å². The second kappa shape index (κ2) is 6.50. The van der Waals surface area contributed by atoms with Crippen molar-refractivity contribution in [2.75, 3.05) is 18.2 Å². The maximum atomic E-state index is 12.4. The molecule has 0 aromatic heterocycles. The number of hydrogen-bond donors (Lipinski definition) is 2. The second-order valence-corrected chi connectivity index (χ2v) is 6.77. The van der Waals surface area contributed by atoms with Crippen molar-refractivity contribution in [1.82, 2.24) is 0 Å². The predicted molar refractivity (Wildman–Crippen MR) is 95.5 cm³/mol. The Kier molecular flexibility index (Phi) is 4.85. The Morgan fingerprint density at radius 3 is 2.30 bits per heavy atom. The van der Waals surface area contributed by atoms with Gasteiger partial charge in [0.2, 0.25) is 0 Å². The molecular weight excluding hydrogens is 312 g/mol. The Balaban J connectivity index is 2.26. The largest absolute Gasteiger partial charge is 0.494 e. The molecule has 122 valence electrons. The maximum Gasteiger partial charge on any atom is 0.255 e. The van der Waals surface area contributed by atoms with E-state index in [0.717, 1.165) is 5.56 Å². The summed E-state index contributed by atoms with van der Waals surface area (Å²) in [6.07, 6.45) is 0. The molecule has 0 aliphatic heterocycles. The zero-order valence-electron chi connectivity index (χ0n) is 13.7. The molecule has 23 heavy (non-hydrogen) atoms. The zero-order chi connectivity index (χ0) is 17.2. The van der Waals surface area contributed by atoms with Crippen LogP contribution in [0.2, 0.25) is 5.02 Å². The molecule has 0 aliphatic carbocycles. The number of rotatable bonds is 3. The van der Waals surface area contributed by atoms with E-state index in [1.165, 1.54) is 7.11 Å². The minimum Gasteiger partial charge on any atom is -0.494 e. The van der Waals surface area contributed by atoms with Crippen molar-refractivity contribution in [3.05, 3.63) is 52.5 Å². The van der Waals surface area contributed by atoms with Crippen LogP contribution in [0.25, 0.3) is 0 Å². The number of hydrogen-bond acceptors (Lipinski definition) is 3. The summed E-state index contributed by atoms with van der Waals surface area (Å²) in [5.74, 6) is 0.171. The van der Waals surface area contributed by atoms with Gasteiger partial charge in [0.1, 0.15) is 11.4 Å².